The molecule has 0 saturated heterocycles. The van der Waals surface area contributed by atoms with E-state index in [1.165, 1.54) is 0 Å². The lowest BCUT2D eigenvalue weighted by Crippen LogP contribution is -2.21. The minimum absolute atomic E-state index is 0.0605. The Kier molecular flexibility index (Phi) is 6.41. The molecule has 2 aromatic carbocycles. The second-order valence-corrected chi connectivity index (χ2v) is 5.44. The molecule has 0 amide bonds. The minimum Gasteiger partial charge on any atom is -0.461 e. The molecule has 0 heterocycles. The summed E-state index contributed by atoms with van der Waals surface area (Å²) < 4.78 is 32.2. The van der Waals surface area contributed by atoms with E-state index in [0.29, 0.717) is 0 Å². The summed E-state index contributed by atoms with van der Waals surface area (Å²) in [6.07, 6.45) is 4.86. The average molecular weight is 342 g/mol. The molecule has 1 atom stereocenters. The highest BCUT2D eigenvalue weighted by atomic mass is 19.1. The Morgan fingerprint density at radius 3 is 2.52 bits per heavy atom. The van der Waals surface area contributed by atoms with Crippen molar-refractivity contribution in [1.82, 2.24) is 0 Å². The van der Waals surface area contributed by atoms with Gasteiger partial charge < -0.3 is 4.74 Å². The maximum Gasteiger partial charge on any atom is 0.306 e. The molecule has 5 heteroatoms. The molecule has 0 spiro atoms. The summed E-state index contributed by atoms with van der Waals surface area (Å²) in [5, 5.41) is 0. The molecule has 0 aliphatic rings. The fourth-order valence-corrected chi connectivity index (χ4v) is 2.30. The summed E-state index contributed by atoms with van der Waals surface area (Å²) in [5.74, 6) is -1.62. The SMILES string of the molecule is C#CCC(CC(=O)OCc1ccccc1)C(=O)c1cc(F)ccc1F. The number of terminal acetylenes is 1. The topological polar surface area (TPSA) is 43.4 Å². The first kappa shape index (κ1) is 18.3. The maximum absolute atomic E-state index is 13.8. The average Bonchev–Trinajstić information content (AvgIpc) is 2.62. The maximum atomic E-state index is 13.8. The van der Waals surface area contributed by atoms with Crippen LogP contribution in [-0.4, -0.2) is 11.8 Å². The van der Waals surface area contributed by atoms with Gasteiger partial charge in [0.15, 0.2) is 5.78 Å². The Hall–Kier alpha value is -3.00. The van der Waals surface area contributed by atoms with Crippen molar-refractivity contribution in [1.29, 1.82) is 0 Å². The summed E-state index contributed by atoms with van der Waals surface area (Å²) >= 11 is 0. The number of esters is 1. The Balaban J connectivity index is 2.04. The van der Waals surface area contributed by atoms with E-state index in [-0.39, 0.29) is 19.4 Å². The number of rotatable bonds is 7. The van der Waals surface area contributed by atoms with Crippen molar-refractivity contribution in [3.05, 3.63) is 71.3 Å². The molecule has 0 bridgehead atoms. The van der Waals surface area contributed by atoms with Crippen molar-refractivity contribution < 1.29 is 23.1 Å². The second-order valence-electron chi connectivity index (χ2n) is 5.44. The molecular weight excluding hydrogens is 326 g/mol. The number of hydrogen-bond acceptors (Lipinski definition) is 3. The second kappa shape index (κ2) is 8.74. The molecule has 0 radical (unpaired) electrons. The first-order valence-electron chi connectivity index (χ1n) is 7.63. The van der Waals surface area contributed by atoms with Crippen molar-refractivity contribution in [2.75, 3.05) is 0 Å². The van der Waals surface area contributed by atoms with Gasteiger partial charge in [0.05, 0.1) is 12.0 Å². The lowest BCUT2D eigenvalue weighted by Gasteiger charge is -2.13. The van der Waals surface area contributed by atoms with Gasteiger partial charge in [-0.25, -0.2) is 8.78 Å². The van der Waals surface area contributed by atoms with Crippen LogP contribution in [0.5, 0.6) is 0 Å². The molecule has 25 heavy (non-hydrogen) atoms. The number of carbonyl (C=O) groups excluding carboxylic acids is 2. The van der Waals surface area contributed by atoms with E-state index >= 15 is 0 Å². The molecule has 128 valence electrons. The van der Waals surface area contributed by atoms with Gasteiger partial charge >= 0.3 is 5.97 Å². The number of Topliss-reactive ketones (excluding diaryl/α,β-unsaturated/α-hetero) is 1. The van der Waals surface area contributed by atoms with E-state index in [1.54, 1.807) is 24.3 Å². The standard InChI is InChI=1S/C20H16F2O3/c1-2-6-15(20(24)17-12-16(21)9-10-18(17)22)11-19(23)25-13-14-7-4-3-5-8-14/h1,3-5,7-10,12,15H,6,11,13H2. The smallest absolute Gasteiger partial charge is 0.306 e. The highest BCUT2D eigenvalue weighted by molar-refractivity contribution is 5.99. The van der Waals surface area contributed by atoms with Crippen LogP contribution in [-0.2, 0) is 16.1 Å². The number of halogens is 2. The normalized spacial score (nSPS) is 11.4. The van der Waals surface area contributed by atoms with Crippen LogP contribution in [0.4, 0.5) is 8.78 Å². The van der Waals surface area contributed by atoms with Gasteiger partial charge in [-0.2, -0.15) is 0 Å². The fourth-order valence-electron chi connectivity index (χ4n) is 2.30. The molecule has 2 rings (SSSR count). The quantitative estimate of drug-likeness (QED) is 0.435. The van der Waals surface area contributed by atoms with Gasteiger partial charge in [-0.1, -0.05) is 30.3 Å². The first-order valence-corrected chi connectivity index (χ1v) is 7.63. The van der Waals surface area contributed by atoms with Gasteiger partial charge in [0.25, 0.3) is 0 Å². The largest absolute Gasteiger partial charge is 0.461 e. The molecule has 1 unspecified atom stereocenters. The van der Waals surface area contributed by atoms with E-state index in [4.69, 9.17) is 11.2 Å². The van der Waals surface area contributed by atoms with E-state index in [9.17, 15) is 18.4 Å². The van der Waals surface area contributed by atoms with Gasteiger partial charge in [-0.05, 0) is 23.8 Å². The Morgan fingerprint density at radius 1 is 1.12 bits per heavy atom. The molecule has 3 nitrogen and oxygen atoms in total. The number of ketones is 1. The molecule has 0 saturated carbocycles. The van der Waals surface area contributed by atoms with E-state index < -0.39 is 34.9 Å². The van der Waals surface area contributed by atoms with Crippen molar-refractivity contribution in [3.8, 4) is 12.3 Å². The Morgan fingerprint density at radius 2 is 1.84 bits per heavy atom. The van der Waals surface area contributed by atoms with E-state index in [0.717, 1.165) is 23.8 Å². The lowest BCUT2D eigenvalue weighted by molar-refractivity contribution is -0.145. The molecule has 0 aliphatic carbocycles. The van der Waals surface area contributed by atoms with Crippen LogP contribution >= 0.6 is 0 Å². The molecular formula is C20H16F2O3. The third-order valence-corrected chi connectivity index (χ3v) is 3.58. The van der Waals surface area contributed by atoms with Gasteiger partial charge in [-0.15, -0.1) is 12.3 Å². The zero-order valence-electron chi connectivity index (χ0n) is 13.4. The summed E-state index contributed by atoms with van der Waals surface area (Å²) in [7, 11) is 0. The van der Waals surface area contributed by atoms with Crippen LogP contribution in [0.25, 0.3) is 0 Å². The molecule has 2 aromatic rings. The van der Waals surface area contributed by atoms with Crippen molar-refractivity contribution >= 4 is 11.8 Å². The van der Waals surface area contributed by atoms with Crippen LogP contribution in [0.1, 0.15) is 28.8 Å². The van der Waals surface area contributed by atoms with Gasteiger partial charge in [0.2, 0.25) is 0 Å². The van der Waals surface area contributed by atoms with Crippen LogP contribution in [0.15, 0.2) is 48.5 Å². The molecule has 0 aliphatic heterocycles. The molecule has 0 fully saturated rings. The van der Waals surface area contributed by atoms with Crippen LogP contribution in [0.2, 0.25) is 0 Å². The molecule has 0 N–H and O–H groups in total. The lowest BCUT2D eigenvalue weighted by atomic mass is 9.91. The predicted octanol–water partition coefficient (Wildman–Crippen LogP) is 3.92. The monoisotopic (exact) mass is 342 g/mol. The van der Waals surface area contributed by atoms with E-state index in [2.05, 4.69) is 5.92 Å². The summed E-state index contributed by atoms with van der Waals surface area (Å²) in [4.78, 5) is 24.4. The third-order valence-electron chi connectivity index (χ3n) is 3.58. The van der Waals surface area contributed by atoms with Crippen LogP contribution in [0.3, 0.4) is 0 Å². The summed E-state index contributed by atoms with van der Waals surface area (Å²) in [6, 6.07) is 11.6. The zero-order chi connectivity index (χ0) is 18.2. The van der Waals surface area contributed by atoms with E-state index in [1.807, 2.05) is 6.07 Å². The summed E-state index contributed by atoms with van der Waals surface area (Å²) in [6.45, 7) is 0.0605. The van der Waals surface area contributed by atoms with Crippen molar-refractivity contribution in [2.24, 2.45) is 5.92 Å². The van der Waals surface area contributed by atoms with Crippen LogP contribution < -0.4 is 0 Å². The third kappa shape index (κ3) is 5.25. The number of ether oxygens (including phenoxy) is 1. The number of hydrogen-bond donors (Lipinski definition) is 0. The zero-order valence-corrected chi connectivity index (χ0v) is 13.4. The fraction of sp³-hybridized carbons (Fsp3) is 0.200. The predicted molar refractivity (Wildman–Crippen MR) is 88.5 cm³/mol. The Bertz CT molecular complexity index is 794. The van der Waals surface area contributed by atoms with Gasteiger partial charge in [-0.3, -0.25) is 9.59 Å². The highest BCUT2D eigenvalue weighted by Crippen LogP contribution is 2.20. The van der Waals surface area contributed by atoms with Crippen molar-refractivity contribution in [2.45, 2.75) is 19.4 Å². The highest BCUT2D eigenvalue weighted by Gasteiger charge is 2.25. The van der Waals surface area contributed by atoms with Crippen LogP contribution in [0, 0.1) is 29.9 Å². The summed E-state index contributed by atoms with van der Waals surface area (Å²) in [5.41, 5.74) is 0.378. The first-order chi connectivity index (χ1) is 12.0. The Labute approximate surface area is 144 Å². The molecule has 0 aromatic heterocycles. The number of carbonyl (C=O) groups is 2. The number of benzene rings is 2. The van der Waals surface area contributed by atoms with Gasteiger partial charge in [0.1, 0.15) is 18.2 Å². The minimum atomic E-state index is -0.968. The van der Waals surface area contributed by atoms with Gasteiger partial charge in [0, 0.05) is 12.3 Å². The van der Waals surface area contributed by atoms with Crippen molar-refractivity contribution in [3.63, 3.8) is 0 Å².